The summed E-state index contributed by atoms with van der Waals surface area (Å²) >= 11 is 6.04. The molecule has 2 amide bonds. The van der Waals surface area contributed by atoms with Crippen LogP contribution in [-0.2, 0) is 17.8 Å². The molecule has 1 aliphatic heterocycles. The highest BCUT2D eigenvalue weighted by atomic mass is 35.5. The van der Waals surface area contributed by atoms with Gasteiger partial charge in [-0.15, -0.1) is 0 Å². The van der Waals surface area contributed by atoms with Crippen molar-refractivity contribution in [3.8, 4) is 17.0 Å². The van der Waals surface area contributed by atoms with Crippen LogP contribution in [0.4, 0.5) is 0 Å². The number of ether oxygens (including phenoxy) is 1. The molecule has 1 aliphatic rings. The van der Waals surface area contributed by atoms with Crippen LogP contribution in [0.1, 0.15) is 21.6 Å². The average Bonchev–Trinajstić information content (AvgIpc) is 2.98. The summed E-state index contributed by atoms with van der Waals surface area (Å²) in [5.41, 5.74) is 3.65. The Morgan fingerprint density at radius 2 is 1.58 bits per heavy atom. The Hall–Kier alpha value is -4.30. The number of rotatable bonds is 7. The number of pyridine rings is 1. The summed E-state index contributed by atoms with van der Waals surface area (Å²) in [4.78, 5) is 42.0. The fourth-order valence-corrected chi connectivity index (χ4v) is 4.44. The Morgan fingerprint density at radius 3 is 2.37 bits per heavy atom. The minimum atomic E-state index is -0.0887. The first-order chi connectivity index (χ1) is 18.6. The summed E-state index contributed by atoms with van der Waals surface area (Å²) < 4.78 is 5.95. The number of hydrogen-bond acceptors (Lipinski definition) is 6. The highest BCUT2D eigenvalue weighted by Gasteiger charge is 2.26. The maximum atomic E-state index is 13.3. The van der Waals surface area contributed by atoms with E-state index in [9.17, 15) is 9.59 Å². The van der Waals surface area contributed by atoms with Crippen molar-refractivity contribution in [2.45, 2.75) is 13.0 Å². The number of halogens is 1. The van der Waals surface area contributed by atoms with Crippen molar-refractivity contribution in [1.82, 2.24) is 24.8 Å². The van der Waals surface area contributed by atoms with E-state index in [0.29, 0.717) is 49.7 Å². The molecule has 0 bridgehead atoms. The van der Waals surface area contributed by atoms with Gasteiger partial charge in [0, 0.05) is 55.9 Å². The van der Waals surface area contributed by atoms with Crippen LogP contribution in [0.3, 0.4) is 0 Å². The highest BCUT2D eigenvalue weighted by molar-refractivity contribution is 6.30. The molecule has 4 aromatic rings. The predicted octanol–water partition coefficient (Wildman–Crippen LogP) is 4.30. The second-order valence-corrected chi connectivity index (χ2v) is 9.23. The molecule has 5 rings (SSSR count). The van der Waals surface area contributed by atoms with E-state index in [1.165, 1.54) is 12.4 Å². The van der Waals surface area contributed by atoms with E-state index in [1.54, 1.807) is 28.1 Å². The molecule has 38 heavy (non-hydrogen) atoms. The largest absolute Gasteiger partial charge is 0.489 e. The molecule has 9 heteroatoms. The first-order valence-electron chi connectivity index (χ1n) is 12.3. The number of amides is 2. The third-order valence-electron chi connectivity index (χ3n) is 6.35. The zero-order valence-corrected chi connectivity index (χ0v) is 21.4. The van der Waals surface area contributed by atoms with Gasteiger partial charge in [-0.25, -0.2) is 4.98 Å². The fraction of sp³-hybridized carbons (Fsp3) is 0.207. The van der Waals surface area contributed by atoms with Gasteiger partial charge in [0.1, 0.15) is 12.4 Å². The minimum absolute atomic E-state index is 0.0833. The van der Waals surface area contributed by atoms with Crippen LogP contribution in [-0.4, -0.2) is 62.7 Å². The molecular formula is C29H26ClN5O3. The summed E-state index contributed by atoms with van der Waals surface area (Å²) in [6, 6.07) is 21.2. The molecule has 0 N–H and O–H groups in total. The number of carbonyl (C=O) groups is 2. The van der Waals surface area contributed by atoms with Crippen LogP contribution < -0.4 is 4.74 Å². The lowest BCUT2D eigenvalue weighted by Crippen LogP contribution is -2.51. The SMILES string of the molecule is O=C(Cc1nccnc1Cl)N1CCN(C(=O)c2ccnc(-c3cccc(OCc4ccccc4)c3)c2)CC1. The molecule has 0 aliphatic carbocycles. The maximum absolute atomic E-state index is 13.3. The minimum Gasteiger partial charge on any atom is -0.489 e. The molecule has 0 radical (unpaired) electrons. The Kier molecular flexibility index (Phi) is 7.89. The molecule has 1 saturated heterocycles. The molecule has 2 aromatic carbocycles. The summed E-state index contributed by atoms with van der Waals surface area (Å²) in [5.74, 6) is 0.558. The first kappa shape index (κ1) is 25.4. The lowest BCUT2D eigenvalue weighted by Gasteiger charge is -2.35. The summed E-state index contributed by atoms with van der Waals surface area (Å²) in [6.07, 6.45) is 4.73. The quantitative estimate of drug-likeness (QED) is 0.356. The topological polar surface area (TPSA) is 88.5 Å². The van der Waals surface area contributed by atoms with E-state index in [4.69, 9.17) is 16.3 Å². The predicted molar refractivity (Wildman–Crippen MR) is 144 cm³/mol. The van der Waals surface area contributed by atoms with Gasteiger partial charge in [-0.2, -0.15) is 0 Å². The number of carbonyl (C=O) groups excluding carboxylic acids is 2. The van der Waals surface area contributed by atoms with E-state index in [2.05, 4.69) is 15.0 Å². The van der Waals surface area contributed by atoms with Crippen molar-refractivity contribution in [3.05, 3.63) is 107 Å². The van der Waals surface area contributed by atoms with Crippen molar-refractivity contribution in [2.24, 2.45) is 0 Å². The zero-order chi connectivity index (χ0) is 26.3. The standard InChI is InChI=1S/C29H26ClN5O3/c30-28-26(32-11-12-33-28)19-27(36)34-13-15-35(16-14-34)29(37)23-9-10-31-25(18-23)22-7-4-8-24(17-22)38-20-21-5-2-1-3-6-21/h1-12,17-18H,13-16,19-20H2. The molecule has 2 aromatic heterocycles. The van der Waals surface area contributed by atoms with E-state index in [1.807, 2.05) is 54.6 Å². The molecule has 0 atom stereocenters. The molecule has 192 valence electrons. The Labute approximate surface area is 225 Å². The molecule has 0 spiro atoms. The number of piperazine rings is 1. The van der Waals surface area contributed by atoms with Crippen molar-refractivity contribution in [3.63, 3.8) is 0 Å². The van der Waals surface area contributed by atoms with Gasteiger partial charge >= 0.3 is 0 Å². The highest BCUT2D eigenvalue weighted by Crippen LogP contribution is 2.24. The van der Waals surface area contributed by atoms with E-state index < -0.39 is 0 Å². The Morgan fingerprint density at radius 1 is 0.816 bits per heavy atom. The van der Waals surface area contributed by atoms with Gasteiger partial charge in [0.2, 0.25) is 5.91 Å². The van der Waals surface area contributed by atoms with Crippen molar-refractivity contribution >= 4 is 23.4 Å². The number of nitrogens with zero attached hydrogens (tertiary/aromatic N) is 5. The summed E-state index contributed by atoms with van der Waals surface area (Å²) in [7, 11) is 0. The zero-order valence-electron chi connectivity index (χ0n) is 20.7. The van der Waals surface area contributed by atoms with Crippen molar-refractivity contribution in [1.29, 1.82) is 0 Å². The van der Waals surface area contributed by atoms with Crippen LogP contribution in [0.2, 0.25) is 5.15 Å². The van der Waals surface area contributed by atoms with Gasteiger partial charge in [-0.3, -0.25) is 19.6 Å². The number of hydrogen-bond donors (Lipinski definition) is 0. The van der Waals surface area contributed by atoms with Crippen LogP contribution in [0.5, 0.6) is 5.75 Å². The number of aromatic nitrogens is 3. The number of benzene rings is 2. The second kappa shape index (κ2) is 11.8. The van der Waals surface area contributed by atoms with E-state index >= 15 is 0 Å². The van der Waals surface area contributed by atoms with Gasteiger partial charge in [0.15, 0.2) is 5.15 Å². The van der Waals surface area contributed by atoms with Crippen LogP contribution in [0.25, 0.3) is 11.3 Å². The third-order valence-corrected chi connectivity index (χ3v) is 6.66. The molecule has 3 heterocycles. The Bertz CT molecular complexity index is 1420. The smallest absolute Gasteiger partial charge is 0.254 e. The lowest BCUT2D eigenvalue weighted by atomic mass is 10.1. The van der Waals surface area contributed by atoms with Gasteiger partial charge in [-0.1, -0.05) is 54.1 Å². The van der Waals surface area contributed by atoms with Crippen LogP contribution in [0.15, 0.2) is 85.3 Å². The first-order valence-corrected chi connectivity index (χ1v) is 12.7. The maximum Gasteiger partial charge on any atom is 0.254 e. The van der Waals surface area contributed by atoms with Crippen molar-refractivity contribution < 1.29 is 14.3 Å². The van der Waals surface area contributed by atoms with Crippen molar-refractivity contribution in [2.75, 3.05) is 26.2 Å². The summed E-state index contributed by atoms with van der Waals surface area (Å²) in [6.45, 7) is 2.25. The van der Waals surface area contributed by atoms with E-state index in [-0.39, 0.29) is 23.4 Å². The third kappa shape index (κ3) is 6.15. The molecule has 1 fully saturated rings. The van der Waals surface area contributed by atoms with Gasteiger partial charge in [0.05, 0.1) is 17.8 Å². The van der Waals surface area contributed by atoms with Gasteiger partial charge < -0.3 is 14.5 Å². The second-order valence-electron chi connectivity index (χ2n) is 8.88. The molecular weight excluding hydrogens is 502 g/mol. The van der Waals surface area contributed by atoms with Crippen LogP contribution in [0, 0.1) is 0 Å². The molecule has 0 unspecified atom stereocenters. The van der Waals surface area contributed by atoms with Gasteiger partial charge in [-0.05, 0) is 29.8 Å². The average molecular weight is 528 g/mol. The van der Waals surface area contributed by atoms with E-state index in [0.717, 1.165) is 16.9 Å². The monoisotopic (exact) mass is 527 g/mol. The van der Waals surface area contributed by atoms with Crippen LogP contribution >= 0.6 is 11.6 Å². The molecule has 0 saturated carbocycles. The fourth-order valence-electron chi connectivity index (χ4n) is 4.27. The normalized spacial score (nSPS) is 13.3. The molecule has 8 nitrogen and oxygen atoms in total. The lowest BCUT2D eigenvalue weighted by molar-refractivity contribution is -0.132. The van der Waals surface area contributed by atoms with Gasteiger partial charge in [0.25, 0.3) is 5.91 Å². The Balaban J connectivity index is 1.20. The summed E-state index contributed by atoms with van der Waals surface area (Å²) in [5, 5.41) is 0.233.